The highest BCUT2D eigenvalue weighted by atomic mass is 35.5. The van der Waals surface area contributed by atoms with Crippen molar-refractivity contribution in [2.75, 3.05) is 5.32 Å². The van der Waals surface area contributed by atoms with Crippen molar-refractivity contribution in [1.82, 2.24) is 19.6 Å². The fourth-order valence-corrected chi connectivity index (χ4v) is 2.69. The second-order valence-electron chi connectivity index (χ2n) is 5.18. The summed E-state index contributed by atoms with van der Waals surface area (Å²) in [6.07, 6.45) is 2.27. The number of aromatic nitrogens is 4. The SMILES string of the molecule is CCC(C)Nc1c(-c2cc(F)ccc2Cl)c(Cl)nc2ncnn12. The molecule has 0 spiro atoms. The lowest BCUT2D eigenvalue weighted by atomic mass is 10.1. The maximum Gasteiger partial charge on any atom is 0.255 e. The quantitative estimate of drug-likeness (QED) is 0.704. The van der Waals surface area contributed by atoms with E-state index in [-0.39, 0.29) is 11.2 Å². The first-order valence-electron chi connectivity index (χ1n) is 7.12. The van der Waals surface area contributed by atoms with Crippen molar-refractivity contribution in [2.45, 2.75) is 26.3 Å². The van der Waals surface area contributed by atoms with Crippen LogP contribution in [0.15, 0.2) is 24.5 Å². The molecule has 0 aliphatic rings. The van der Waals surface area contributed by atoms with Crippen LogP contribution in [0.5, 0.6) is 0 Å². The molecule has 5 nitrogen and oxygen atoms in total. The number of nitrogens with zero attached hydrogens (tertiary/aromatic N) is 4. The highest BCUT2D eigenvalue weighted by molar-refractivity contribution is 6.36. The zero-order valence-electron chi connectivity index (χ0n) is 12.5. The third kappa shape index (κ3) is 2.96. The van der Waals surface area contributed by atoms with Crippen molar-refractivity contribution in [1.29, 1.82) is 0 Å². The molecule has 2 aromatic heterocycles. The van der Waals surface area contributed by atoms with Crippen LogP contribution in [0.2, 0.25) is 10.2 Å². The summed E-state index contributed by atoms with van der Waals surface area (Å²) in [5, 5.41) is 8.06. The number of benzene rings is 1. The molecule has 1 atom stereocenters. The monoisotopic (exact) mass is 353 g/mol. The van der Waals surface area contributed by atoms with E-state index in [1.54, 1.807) is 0 Å². The minimum absolute atomic E-state index is 0.145. The molecule has 1 N–H and O–H groups in total. The maximum atomic E-state index is 13.7. The summed E-state index contributed by atoms with van der Waals surface area (Å²) in [5.74, 6) is 0.532. The fourth-order valence-electron chi connectivity index (χ4n) is 2.21. The molecule has 0 radical (unpaired) electrons. The van der Waals surface area contributed by atoms with Crippen LogP contribution in [0.3, 0.4) is 0 Å². The van der Waals surface area contributed by atoms with Gasteiger partial charge in [0.1, 0.15) is 23.1 Å². The topological polar surface area (TPSA) is 55.1 Å². The molecule has 120 valence electrons. The van der Waals surface area contributed by atoms with Crippen molar-refractivity contribution in [3.8, 4) is 11.1 Å². The second kappa shape index (κ2) is 6.29. The van der Waals surface area contributed by atoms with E-state index in [2.05, 4.69) is 20.4 Å². The second-order valence-corrected chi connectivity index (χ2v) is 5.94. The van der Waals surface area contributed by atoms with Gasteiger partial charge >= 0.3 is 0 Å². The van der Waals surface area contributed by atoms with Crippen LogP contribution in [0.25, 0.3) is 16.9 Å². The number of halogens is 3. The van der Waals surface area contributed by atoms with Crippen LogP contribution in [0.4, 0.5) is 10.2 Å². The average Bonchev–Trinajstić information content (AvgIpc) is 2.98. The van der Waals surface area contributed by atoms with Gasteiger partial charge in [0, 0.05) is 16.6 Å². The molecule has 1 unspecified atom stereocenters. The highest BCUT2D eigenvalue weighted by Gasteiger charge is 2.20. The van der Waals surface area contributed by atoms with Gasteiger partial charge in [0.15, 0.2) is 0 Å². The van der Waals surface area contributed by atoms with Gasteiger partial charge < -0.3 is 5.32 Å². The van der Waals surface area contributed by atoms with E-state index in [4.69, 9.17) is 23.2 Å². The molecule has 0 fully saturated rings. The summed E-state index contributed by atoms with van der Waals surface area (Å²) in [5.41, 5.74) is 0.946. The van der Waals surface area contributed by atoms with E-state index in [0.717, 1.165) is 6.42 Å². The van der Waals surface area contributed by atoms with Crippen LogP contribution in [-0.2, 0) is 0 Å². The summed E-state index contributed by atoms with van der Waals surface area (Å²) in [7, 11) is 0. The third-order valence-electron chi connectivity index (χ3n) is 3.58. The van der Waals surface area contributed by atoms with E-state index >= 15 is 0 Å². The van der Waals surface area contributed by atoms with Crippen molar-refractivity contribution >= 4 is 34.8 Å². The van der Waals surface area contributed by atoms with E-state index in [9.17, 15) is 4.39 Å². The number of nitrogens with one attached hydrogen (secondary N) is 1. The van der Waals surface area contributed by atoms with Crippen LogP contribution in [0.1, 0.15) is 20.3 Å². The Balaban J connectivity index is 2.31. The van der Waals surface area contributed by atoms with Gasteiger partial charge in [-0.2, -0.15) is 19.6 Å². The molecule has 2 heterocycles. The number of anilines is 1. The minimum atomic E-state index is -0.409. The van der Waals surface area contributed by atoms with Crippen molar-refractivity contribution in [3.63, 3.8) is 0 Å². The zero-order valence-corrected chi connectivity index (χ0v) is 14.0. The van der Waals surface area contributed by atoms with Crippen LogP contribution >= 0.6 is 23.2 Å². The fraction of sp³-hybridized carbons (Fsp3) is 0.267. The highest BCUT2D eigenvalue weighted by Crippen LogP contribution is 2.38. The molecule has 0 aliphatic carbocycles. The average molecular weight is 354 g/mol. The van der Waals surface area contributed by atoms with Crippen LogP contribution in [-0.4, -0.2) is 25.6 Å². The molecule has 0 saturated carbocycles. The molecular weight excluding hydrogens is 340 g/mol. The Hall–Kier alpha value is -1.92. The first-order chi connectivity index (χ1) is 11.0. The Morgan fingerprint density at radius 1 is 1.35 bits per heavy atom. The van der Waals surface area contributed by atoms with E-state index in [1.165, 1.54) is 29.0 Å². The summed E-state index contributed by atoms with van der Waals surface area (Å²) >= 11 is 12.6. The molecule has 0 aliphatic heterocycles. The zero-order chi connectivity index (χ0) is 16.6. The van der Waals surface area contributed by atoms with Gasteiger partial charge in [-0.3, -0.25) is 0 Å². The molecule has 0 bridgehead atoms. The number of hydrogen-bond donors (Lipinski definition) is 1. The normalized spacial score (nSPS) is 12.6. The lowest BCUT2D eigenvalue weighted by Gasteiger charge is -2.19. The molecule has 3 rings (SSSR count). The van der Waals surface area contributed by atoms with Gasteiger partial charge in [0.25, 0.3) is 5.78 Å². The summed E-state index contributed by atoms with van der Waals surface area (Å²) in [6, 6.07) is 4.26. The molecular formula is C15H14Cl2FN5. The Labute approximate surface area is 142 Å². The van der Waals surface area contributed by atoms with Gasteiger partial charge in [-0.25, -0.2) is 4.39 Å². The molecule has 23 heavy (non-hydrogen) atoms. The number of rotatable bonds is 4. The van der Waals surface area contributed by atoms with E-state index < -0.39 is 5.82 Å². The van der Waals surface area contributed by atoms with Gasteiger partial charge in [-0.1, -0.05) is 30.1 Å². The smallest absolute Gasteiger partial charge is 0.255 e. The van der Waals surface area contributed by atoms with E-state index in [1.807, 2.05) is 13.8 Å². The van der Waals surface area contributed by atoms with Gasteiger partial charge in [-0.05, 0) is 31.5 Å². The predicted octanol–water partition coefficient (Wildman–Crippen LogP) is 4.45. The first-order valence-corrected chi connectivity index (χ1v) is 7.88. The minimum Gasteiger partial charge on any atom is -0.367 e. The lowest BCUT2D eigenvalue weighted by molar-refractivity contribution is 0.628. The van der Waals surface area contributed by atoms with Gasteiger partial charge in [-0.15, -0.1) is 0 Å². The molecule has 1 aromatic carbocycles. The standard InChI is InChI=1S/C15H14Cl2FN5/c1-3-8(2)21-14-12(10-6-9(18)4-5-11(10)16)13(17)22-15-19-7-20-23(14)15/h4-8,21H,3H2,1-2H3. The van der Waals surface area contributed by atoms with Crippen molar-refractivity contribution < 1.29 is 4.39 Å². The predicted molar refractivity (Wildman–Crippen MR) is 89.6 cm³/mol. The van der Waals surface area contributed by atoms with Crippen LogP contribution in [0, 0.1) is 5.82 Å². The summed E-state index contributed by atoms with van der Waals surface area (Å²) < 4.78 is 15.2. The lowest BCUT2D eigenvalue weighted by Crippen LogP contribution is -2.18. The number of hydrogen-bond acceptors (Lipinski definition) is 4. The molecule has 3 aromatic rings. The molecule has 8 heteroatoms. The third-order valence-corrected chi connectivity index (χ3v) is 4.18. The van der Waals surface area contributed by atoms with Gasteiger partial charge in [0.2, 0.25) is 0 Å². The summed E-state index contributed by atoms with van der Waals surface area (Å²) in [6.45, 7) is 4.07. The first kappa shape index (κ1) is 16.0. The Kier molecular flexibility index (Phi) is 4.37. The van der Waals surface area contributed by atoms with Gasteiger partial charge in [0.05, 0.1) is 5.56 Å². The largest absolute Gasteiger partial charge is 0.367 e. The maximum absolute atomic E-state index is 13.7. The van der Waals surface area contributed by atoms with E-state index in [0.29, 0.717) is 27.7 Å². The Bertz CT molecular complexity index is 864. The molecule has 0 saturated heterocycles. The van der Waals surface area contributed by atoms with Crippen molar-refractivity contribution in [2.24, 2.45) is 0 Å². The Morgan fingerprint density at radius 3 is 2.87 bits per heavy atom. The molecule has 0 amide bonds. The Morgan fingerprint density at radius 2 is 2.13 bits per heavy atom. The van der Waals surface area contributed by atoms with Crippen molar-refractivity contribution in [3.05, 3.63) is 40.5 Å². The number of fused-ring (bicyclic) bond motifs is 1. The summed E-state index contributed by atoms with van der Waals surface area (Å²) in [4.78, 5) is 8.27. The van der Waals surface area contributed by atoms with Crippen LogP contribution < -0.4 is 5.32 Å².